The molecule has 1 aromatic rings. The maximum atomic E-state index is 13.0. The Morgan fingerprint density at radius 3 is 2.24 bits per heavy atom. The number of rotatable bonds is 8. The molecule has 0 spiro atoms. The minimum Gasteiger partial charge on any atom is -0.549 e. The van der Waals surface area contributed by atoms with Gasteiger partial charge in [-0.3, -0.25) is 0 Å². The number of piperazine rings is 1. The number of hydrogen-bond donors (Lipinski definition) is 0. The third-order valence-electron chi connectivity index (χ3n) is 9.24. The Kier molecular flexibility index (Phi) is 9.83. The molecule has 2 aliphatic rings. The minimum atomic E-state index is -1.96. The summed E-state index contributed by atoms with van der Waals surface area (Å²) in [6.45, 7) is 33.7. The minimum absolute atomic E-state index is 0.0625. The first kappa shape index (κ1) is 34.6. The van der Waals surface area contributed by atoms with Gasteiger partial charge in [-0.15, -0.1) is 0 Å². The molecule has 0 bridgehead atoms. The number of aromatic nitrogens is 1. The molecule has 7 nitrogen and oxygen atoms in total. The first-order valence-corrected chi connectivity index (χ1v) is 19.4. The SMILES string of the molecule is CC(C)C(C)(C)[Si]OC(C)(C)c1nc2c(cc1/C=C/O[Si](C)(C)C(C)(C)C)C[C@@H]1CN(C(=O)OC(C)(C)C)C[C@@H](C)N21. The van der Waals surface area contributed by atoms with Crippen LogP contribution in [0, 0.1) is 5.92 Å². The van der Waals surface area contributed by atoms with Crippen molar-refractivity contribution in [2.75, 3.05) is 18.0 Å². The first-order valence-electron chi connectivity index (χ1n) is 15.6. The highest BCUT2D eigenvalue weighted by Gasteiger charge is 2.43. The van der Waals surface area contributed by atoms with Gasteiger partial charge in [0.1, 0.15) is 11.4 Å². The van der Waals surface area contributed by atoms with Crippen LogP contribution in [-0.4, -0.2) is 64.8 Å². The van der Waals surface area contributed by atoms with Gasteiger partial charge in [0.25, 0.3) is 0 Å². The van der Waals surface area contributed by atoms with Crippen molar-refractivity contribution in [2.45, 2.75) is 143 Å². The van der Waals surface area contributed by atoms with Crippen molar-refractivity contribution in [3.05, 3.63) is 29.1 Å². The van der Waals surface area contributed by atoms with Crippen molar-refractivity contribution >= 4 is 36.1 Å². The molecule has 1 aromatic heterocycles. The van der Waals surface area contributed by atoms with Gasteiger partial charge in [0, 0.05) is 24.7 Å². The van der Waals surface area contributed by atoms with Gasteiger partial charge in [0.2, 0.25) is 18.1 Å². The molecule has 2 aliphatic heterocycles. The molecule has 9 heteroatoms. The van der Waals surface area contributed by atoms with Crippen LogP contribution in [-0.2, 0) is 25.6 Å². The number of amides is 1. The van der Waals surface area contributed by atoms with Gasteiger partial charge >= 0.3 is 6.09 Å². The smallest absolute Gasteiger partial charge is 0.410 e. The van der Waals surface area contributed by atoms with Crippen LogP contribution in [0.2, 0.25) is 23.2 Å². The summed E-state index contributed by atoms with van der Waals surface area (Å²) in [5.41, 5.74) is 2.04. The third-order valence-corrected chi connectivity index (χ3v) is 15.3. The number of carbonyl (C=O) groups excluding carboxylic acids is 1. The van der Waals surface area contributed by atoms with E-state index in [4.69, 9.17) is 18.6 Å². The molecule has 42 heavy (non-hydrogen) atoms. The van der Waals surface area contributed by atoms with Gasteiger partial charge in [-0.1, -0.05) is 48.5 Å². The maximum absolute atomic E-state index is 13.0. The van der Waals surface area contributed by atoms with E-state index >= 15 is 0 Å². The quantitative estimate of drug-likeness (QED) is 0.217. The molecule has 1 fully saturated rings. The fraction of sp³-hybridized carbons (Fsp3) is 0.758. The van der Waals surface area contributed by atoms with Gasteiger partial charge < -0.3 is 23.4 Å². The molecule has 1 saturated heterocycles. The summed E-state index contributed by atoms with van der Waals surface area (Å²) in [5, 5.41) is 0.175. The van der Waals surface area contributed by atoms with Crippen molar-refractivity contribution in [1.29, 1.82) is 0 Å². The number of anilines is 1. The Morgan fingerprint density at radius 1 is 1.07 bits per heavy atom. The van der Waals surface area contributed by atoms with Crippen LogP contribution in [0.15, 0.2) is 12.3 Å². The monoisotopic (exact) mass is 615 g/mol. The molecule has 2 atom stereocenters. The number of pyridine rings is 1. The Bertz CT molecular complexity index is 1170. The van der Waals surface area contributed by atoms with E-state index < -0.39 is 19.5 Å². The van der Waals surface area contributed by atoms with Crippen LogP contribution >= 0.6 is 0 Å². The number of ether oxygens (including phenoxy) is 1. The van der Waals surface area contributed by atoms with Gasteiger partial charge in [-0.2, -0.15) is 0 Å². The lowest BCUT2D eigenvalue weighted by molar-refractivity contribution is 0.0191. The molecule has 0 aromatic carbocycles. The van der Waals surface area contributed by atoms with Crippen LogP contribution in [0.5, 0.6) is 0 Å². The number of carbonyl (C=O) groups is 1. The molecule has 0 saturated carbocycles. The van der Waals surface area contributed by atoms with E-state index in [2.05, 4.69) is 99.4 Å². The third kappa shape index (κ3) is 7.80. The van der Waals surface area contributed by atoms with Gasteiger partial charge in [-0.25, -0.2) is 9.78 Å². The molecule has 3 heterocycles. The molecule has 0 unspecified atom stereocenters. The zero-order valence-corrected chi connectivity index (χ0v) is 31.1. The average molecular weight is 616 g/mol. The zero-order valence-electron chi connectivity index (χ0n) is 29.1. The van der Waals surface area contributed by atoms with Crippen LogP contribution in [0.1, 0.15) is 107 Å². The summed E-state index contributed by atoms with van der Waals surface area (Å²) >= 11 is 0. The molecule has 236 valence electrons. The van der Waals surface area contributed by atoms with Crippen molar-refractivity contribution in [3.8, 4) is 0 Å². The fourth-order valence-electron chi connectivity index (χ4n) is 4.88. The van der Waals surface area contributed by atoms with Crippen molar-refractivity contribution in [3.63, 3.8) is 0 Å². The zero-order chi connectivity index (χ0) is 32.1. The second-order valence-corrected chi connectivity index (χ2v) is 22.6. The van der Waals surface area contributed by atoms with E-state index in [1.165, 1.54) is 5.56 Å². The van der Waals surface area contributed by atoms with E-state index in [-0.39, 0.29) is 28.3 Å². The van der Waals surface area contributed by atoms with E-state index in [9.17, 15) is 4.79 Å². The lowest BCUT2D eigenvalue weighted by Gasteiger charge is -2.43. The topological polar surface area (TPSA) is 64.1 Å². The number of fused-ring (bicyclic) bond motifs is 3. The highest BCUT2D eigenvalue weighted by atomic mass is 28.4. The molecular weight excluding hydrogens is 559 g/mol. The van der Waals surface area contributed by atoms with E-state index in [0.29, 0.717) is 28.8 Å². The maximum Gasteiger partial charge on any atom is 0.410 e. The molecule has 0 N–H and O–H groups in total. The largest absolute Gasteiger partial charge is 0.549 e. The molecule has 2 radical (unpaired) electrons. The predicted octanol–water partition coefficient (Wildman–Crippen LogP) is 8.17. The van der Waals surface area contributed by atoms with Gasteiger partial charge in [0.15, 0.2) is 0 Å². The normalized spacial score (nSPS) is 20.3. The summed E-state index contributed by atoms with van der Waals surface area (Å²) in [5.74, 6) is 1.51. The van der Waals surface area contributed by atoms with Crippen LogP contribution < -0.4 is 4.90 Å². The standard InChI is InChI=1S/C33H57N3O4Si2/c1-22(2)33(12,13)41-40-32(10,11)27-24(16-17-38-42(14,15)31(7,8)9)18-25-19-26-21-35(29(37)39-30(4,5)6)20-23(3)36(26)28(25)34-27/h16-18,22-23,26H,19-21H2,1-15H3/b17-16+/t23-,26-/m1/s1. The Labute approximate surface area is 259 Å². The molecule has 3 rings (SSSR count). The first-order chi connectivity index (χ1) is 18.9. The second kappa shape index (κ2) is 11.9. The summed E-state index contributed by atoms with van der Waals surface area (Å²) in [7, 11) is -1.63. The lowest BCUT2D eigenvalue weighted by Crippen LogP contribution is -2.58. The second-order valence-electron chi connectivity index (χ2n) is 16.2. The van der Waals surface area contributed by atoms with Crippen LogP contribution in [0.3, 0.4) is 0 Å². The summed E-state index contributed by atoms with van der Waals surface area (Å²) in [6, 6.07) is 2.55. The Hall–Kier alpha value is -1.85. The summed E-state index contributed by atoms with van der Waals surface area (Å²) < 4.78 is 18.9. The Morgan fingerprint density at radius 2 is 1.69 bits per heavy atom. The molecule has 0 aliphatic carbocycles. The van der Waals surface area contributed by atoms with Crippen molar-refractivity contribution in [2.24, 2.45) is 5.92 Å². The number of hydrogen-bond acceptors (Lipinski definition) is 6. The van der Waals surface area contributed by atoms with Gasteiger partial charge in [-0.05, 0) is 94.8 Å². The summed E-state index contributed by atoms with van der Waals surface area (Å²) in [4.78, 5) is 22.6. The van der Waals surface area contributed by atoms with Crippen LogP contribution in [0.4, 0.5) is 10.6 Å². The highest BCUT2D eigenvalue weighted by Crippen LogP contribution is 2.42. The van der Waals surface area contributed by atoms with Crippen molar-refractivity contribution < 1.29 is 18.4 Å². The molecule has 1 amide bonds. The van der Waals surface area contributed by atoms with Crippen molar-refractivity contribution in [1.82, 2.24) is 9.88 Å². The highest BCUT2D eigenvalue weighted by molar-refractivity contribution is 6.74. The Balaban J connectivity index is 1.99. The van der Waals surface area contributed by atoms with Gasteiger partial charge in [0.05, 0.1) is 23.6 Å². The fourth-order valence-corrected chi connectivity index (χ4v) is 6.50. The summed E-state index contributed by atoms with van der Waals surface area (Å²) in [6.07, 6.45) is 4.56. The van der Waals surface area contributed by atoms with E-state index in [0.717, 1.165) is 23.5 Å². The van der Waals surface area contributed by atoms with E-state index in [1.54, 1.807) is 0 Å². The molecular formula is C33H57N3O4Si2. The predicted molar refractivity (Wildman–Crippen MR) is 178 cm³/mol. The van der Waals surface area contributed by atoms with E-state index in [1.807, 2.05) is 31.9 Å². The average Bonchev–Trinajstić information content (AvgIpc) is 3.18. The number of nitrogens with zero attached hydrogens (tertiary/aromatic N) is 3. The lowest BCUT2D eigenvalue weighted by atomic mass is 9.97. The van der Waals surface area contributed by atoms with Crippen LogP contribution in [0.25, 0.3) is 6.08 Å².